The molecule has 0 radical (unpaired) electrons. The molecule has 2 rings (SSSR count). The molecule has 5 heteroatoms. The highest BCUT2D eigenvalue weighted by atomic mass is 32.2. The molecule has 0 bridgehead atoms. The van der Waals surface area contributed by atoms with Crippen LogP contribution in [0.5, 0.6) is 0 Å². The van der Waals surface area contributed by atoms with Gasteiger partial charge in [0, 0.05) is 28.6 Å². The molecule has 0 spiro atoms. The van der Waals surface area contributed by atoms with Gasteiger partial charge in [0.15, 0.2) is 5.84 Å². The third-order valence-corrected chi connectivity index (χ3v) is 3.51. The van der Waals surface area contributed by atoms with Gasteiger partial charge < -0.3 is 10.9 Å². The third kappa shape index (κ3) is 3.01. The largest absolute Gasteiger partial charge is 0.409 e. The van der Waals surface area contributed by atoms with Crippen LogP contribution in [-0.4, -0.2) is 16.0 Å². The van der Waals surface area contributed by atoms with Gasteiger partial charge in [0.1, 0.15) is 0 Å². The summed E-state index contributed by atoms with van der Waals surface area (Å²) in [5.74, 6) is 0.900. The Morgan fingerprint density at radius 3 is 2.67 bits per heavy atom. The molecule has 0 saturated heterocycles. The average molecular weight is 259 g/mol. The van der Waals surface area contributed by atoms with Crippen LogP contribution in [-0.2, 0) is 5.75 Å². The molecule has 0 unspecified atom stereocenters. The van der Waals surface area contributed by atoms with E-state index in [-0.39, 0.29) is 5.84 Å². The van der Waals surface area contributed by atoms with Crippen LogP contribution in [0.25, 0.3) is 0 Å². The maximum atomic E-state index is 8.75. The first-order chi connectivity index (χ1) is 8.81. The zero-order valence-electron chi connectivity index (χ0n) is 9.65. The van der Waals surface area contributed by atoms with Gasteiger partial charge in [0.2, 0.25) is 0 Å². The number of nitrogens with zero attached hydrogens (tertiary/aromatic N) is 2. The standard InChI is InChI=1S/C13H13N3OS/c14-13(16-17)12-4-2-1-3-10(12)9-18-11-5-7-15-8-6-11/h1-8,17H,9H2,(H2,14,16). The number of benzene rings is 1. The van der Waals surface area contributed by atoms with E-state index in [1.165, 1.54) is 0 Å². The number of amidine groups is 1. The monoisotopic (exact) mass is 259 g/mol. The number of oxime groups is 1. The number of hydrogen-bond donors (Lipinski definition) is 2. The van der Waals surface area contributed by atoms with E-state index in [1.807, 2.05) is 36.4 Å². The van der Waals surface area contributed by atoms with Gasteiger partial charge in [-0.1, -0.05) is 29.4 Å². The molecule has 0 aliphatic rings. The Bertz CT molecular complexity index is 543. The smallest absolute Gasteiger partial charge is 0.170 e. The topological polar surface area (TPSA) is 71.5 Å². The SMILES string of the molecule is NC(=NO)c1ccccc1CSc1ccncc1. The summed E-state index contributed by atoms with van der Waals surface area (Å²) in [6.45, 7) is 0. The van der Waals surface area contributed by atoms with E-state index in [1.54, 1.807) is 24.2 Å². The second-order valence-corrected chi connectivity index (χ2v) is 4.66. The lowest BCUT2D eigenvalue weighted by atomic mass is 10.1. The van der Waals surface area contributed by atoms with Crippen LogP contribution in [0.3, 0.4) is 0 Å². The van der Waals surface area contributed by atoms with E-state index < -0.39 is 0 Å². The van der Waals surface area contributed by atoms with Crippen LogP contribution in [0.2, 0.25) is 0 Å². The summed E-state index contributed by atoms with van der Waals surface area (Å²) in [6.07, 6.45) is 3.52. The van der Waals surface area contributed by atoms with E-state index in [0.29, 0.717) is 0 Å². The molecule has 0 fully saturated rings. The van der Waals surface area contributed by atoms with Gasteiger partial charge in [-0.25, -0.2) is 0 Å². The van der Waals surface area contributed by atoms with Crippen LogP contribution < -0.4 is 5.73 Å². The van der Waals surface area contributed by atoms with E-state index in [2.05, 4.69) is 10.1 Å². The molecular formula is C13H13N3OS. The molecule has 1 heterocycles. The Kier molecular flexibility index (Phi) is 4.20. The van der Waals surface area contributed by atoms with Crippen LogP contribution in [0.15, 0.2) is 58.8 Å². The number of thioether (sulfide) groups is 1. The molecule has 3 N–H and O–H groups in total. The summed E-state index contributed by atoms with van der Waals surface area (Å²) in [7, 11) is 0. The second-order valence-electron chi connectivity index (χ2n) is 3.61. The Labute approximate surface area is 110 Å². The minimum atomic E-state index is 0.140. The highest BCUT2D eigenvalue weighted by Gasteiger charge is 2.06. The van der Waals surface area contributed by atoms with Crippen molar-refractivity contribution in [1.82, 2.24) is 4.98 Å². The van der Waals surface area contributed by atoms with Crippen molar-refractivity contribution in [2.75, 3.05) is 0 Å². The molecule has 0 aliphatic heterocycles. The molecule has 1 aromatic heterocycles. The third-order valence-electron chi connectivity index (χ3n) is 2.45. The minimum Gasteiger partial charge on any atom is -0.409 e. The maximum absolute atomic E-state index is 8.75. The van der Waals surface area contributed by atoms with Crippen LogP contribution in [0.4, 0.5) is 0 Å². The molecule has 92 valence electrons. The number of nitrogens with two attached hydrogens (primary N) is 1. The van der Waals surface area contributed by atoms with Gasteiger partial charge in [-0.05, 0) is 17.7 Å². The number of rotatable bonds is 4. The molecule has 1 aromatic carbocycles. The fourth-order valence-electron chi connectivity index (χ4n) is 1.55. The van der Waals surface area contributed by atoms with Crippen molar-refractivity contribution < 1.29 is 5.21 Å². The summed E-state index contributed by atoms with van der Waals surface area (Å²) >= 11 is 1.68. The molecule has 4 nitrogen and oxygen atoms in total. The van der Waals surface area contributed by atoms with E-state index >= 15 is 0 Å². The predicted octanol–water partition coefficient (Wildman–Crippen LogP) is 2.47. The fraction of sp³-hybridized carbons (Fsp3) is 0.0769. The van der Waals surface area contributed by atoms with Gasteiger partial charge in [-0.2, -0.15) is 0 Å². The Morgan fingerprint density at radius 2 is 1.94 bits per heavy atom. The van der Waals surface area contributed by atoms with Gasteiger partial charge in [0.25, 0.3) is 0 Å². The first-order valence-electron chi connectivity index (χ1n) is 5.40. The molecular weight excluding hydrogens is 246 g/mol. The van der Waals surface area contributed by atoms with Crippen LogP contribution in [0.1, 0.15) is 11.1 Å². The Hall–Kier alpha value is -2.01. The van der Waals surface area contributed by atoms with Gasteiger partial charge in [-0.15, -0.1) is 11.8 Å². The minimum absolute atomic E-state index is 0.140. The fourth-order valence-corrected chi connectivity index (χ4v) is 2.43. The molecule has 2 aromatic rings. The van der Waals surface area contributed by atoms with Gasteiger partial charge in [0.05, 0.1) is 0 Å². The van der Waals surface area contributed by atoms with Gasteiger partial charge in [-0.3, -0.25) is 4.98 Å². The van der Waals surface area contributed by atoms with E-state index in [9.17, 15) is 0 Å². The van der Waals surface area contributed by atoms with Crippen molar-refractivity contribution in [3.8, 4) is 0 Å². The van der Waals surface area contributed by atoms with Crippen LogP contribution >= 0.6 is 11.8 Å². The lowest BCUT2D eigenvalue weighted by Gasteiger charge is -2.07. The van der Waals surface area contributed by atoms with Crippen molar-refractivity contribution in [3.05, 3.63) is 59.9 Å². The van der Waals surface area contributed by atoms with Crippen molar-refractivity contribution in [3.63, 3.8) is 0 Å². The first-order valence-corrected chi connectivity index (χ1v) is 6.38. The first kappa shape index (κ1) is 12.4. The Morgan fingerprint density at radius 1 is 1.22 bits per heavy atom. The summed E-state index contributed by atoms with van der Waals surface area (Å²) in [5, 5.41) is 11.8. The number of pyridine rings is 1. The van der Waals surface area contributed by atoms with Crippen LogP contribution in [0, 0.1) is 0 Å². The lowest BCUT2D eigenvalue weighted by molar-refractivity contribution is 0.318. The zero-order chi connectivity index (χ0) is 12.8. The normalized spacial score (nSPS) is 11.4. The van der Waals surface area contributed by atoms with Crippen molar-refractivity contribution >= 4 is 17.6 Å². The molecule has 0 amide bonds. The maximum Gasteiger partial charge on any atom is 0.170 e. The summed E-state index contributed by atoms with van der Waals surface area (Å²) in [4.78, 5) is 5.11. The second kappa shape index (κ2) is 6.07. The summed E-state index contributed by atoms with van der Waals surface area (Å²) in [5.41, 5.74) is 7.45. The molecule has 0 aliphatic carbocycles. The van der Waals surface area contributed by atoms with Crippen molar-refractivity contribution in [2.24, 2.45) is 10.9 Å². The zero-order valence-corrected chi connectivity index (χ0v) is 10.5. The summed E-state index contributed by atoms with van der Waals surface area (Å²) in [6, 6.07) is 11.5. The average Bonchev–Trinajstić information content (AvgIpc) is 2.45. The highest BCUT2D eigenvalue weighted by molar-refractivity contribution is 7.98. The summed E-state index contributed by atoms with van der Waals surface area (Å²) < 4.78 is 0. The highest BCUT2D eigenvalue weighted by Crippen LogP contribution is 2.23. The number of hydrogen-bond acceptors (Lipinski definition) is 4. The molecule has 0 atom stereocenters. The Balaban J connectivity index is 2.15. The van der Waals surface area contributed by atoms with Crippen molar-refractivity contribution in [1.29, 1.82) is 0 Å². The van der Waals surface area contributed by atoms with E-state index in [0.717, 1.165) is 21.8 Å². The quantitative estimate of drug-likeness (QED) is 0.291. The lowest BCUT2D eigenvalue weighted by Crippen LogP contribution is -2.15. The number of aromatic nitrogens is 1. The molecule has 18 heavy (non-hydrogen) atoms. The predicted molar refractivity (Wildman–Crippen MR) is 72.8 cm³/mol. The van der Waals surface area contributed by atoms with E-state index in [4.69, 9.17) is 10.9 Å². The van der Waals surface area contributed by atoms with Crippen molar-refractivity contribution in [2.45, 2.75) is 10.6 Å². The van der Waals surface area contributed by atoms with Gasteiger partial charge >= 0.3 is 0 Å². The molecule has 0 saturated carbocycles.